The number of aliphatic hydroxyl groups is 3. The van der Waals surface area contributed by atoms with Crippen molar-refractivity contribution in [2.24, 2.45) is 46.3 Å². The molecule has 3 saturated carbocycles. The molecule has 5 nitrogen and oxygen atoms in total. The van der Waals surface area contributed by atoms with E-state index in [1.54, 1.807) is 0 Å². The molecule has 0 aromatic heterocycles. The summed E-state index contributed by atoms with van der Waals surface area (Å²) in [6.07, 6.45) is 7.48. The number of aliphatic hydroxyl groups excluding tert-OH is 3. The summed E-state index contributed by atoms with van der Waals surface area (Å²) in [5.74, 6) is 1.58. The molecule has 0 aromatic carbocycles. The van der Waals surface area contributed by atoms with Crippen molar-refractivity contribution in [3.63, 3.8) is 0 Å². The fourth-order valence-corrected chi connectivity index (χ4v) is 9.05. The Balaban J connectivity index is 1.63. The maximum Gasteiger partial charge on any atom is 0.302 e. The number of esters is 1. The van der Waals surface area contributed by atoms with E-state index < -0.39 is 23.7 Å². The van der Waals surface area contributed by atoms with Crippen LogP contribution in [0.15, 0.2) is 23.8 Å². The van der Waals surface area contributed by atoms with Crippen LogP contribution in [0.2, 0.25) is 0 Å². The first kappa shape index (κ1) is 26.9. The lowest BCUT2D eigenvalue weighted by atomic mass is 9.45. The van der Waals surface area contributed by atoms with E-state index in [-0.39, 0.29) is 29.8 Å². The summed E-state index contributed by atoms with van der Waals surface area (Å²) in [6, 6.07) is 0. The normalized spacial score (nSPS) is 43.6. The monoisotopic (exact) mass is 488 g/mol. The Kier molecular flexibility index (Phi) is 7.64. The van der Waals surface area contributed by atoms with Crippen LogP contribution in [0.5, 0.6) is 0 Å². The van der Waals surface area contributed by atoms with Crippen LogP contribution in [0.4, 0.5) is 0 Å². The number of rotatable bonds is 7. The van der Waals surface area contributed by atoms with Crippen LogP contribution in [0.3, 0.4) is 0 Å². The van der Waals surface area contributed by atoms with Crippen LogP contribution < -0.4 is 0 Å². The summed E-state index contributed by atoms with van der Waals surface area (Å²) in [7, 11) is 0. The molecule has 0 spiro atoms. The van der Waals surface area contributed by atoms with Crippen LogP contribution in [-0.2, 0) is 9.53 Å². The predicted octanol–water partition coefficient (Wildman–Crippen LogP) is 5.04. The lowest BCUT2D eigenvalue weighted by Gasteiger charge is -2.61. The van der Waals surface area contributed by atoms with Gasteiger partial charge in [-0.15, -0.1) is 0 Å². The van der Waals surface area contributed by atoms with Crippen molar-refractivity contribution in [3.05, 3.63) is 23.8 Å². The number of allylic oxidation sites excluding steroid dienone is 2. The topological polar surface area (TPSA) is 87.0 Å². The number of ether oxygens (including phenoxy) is 1. The molecule has 0 aromatic rings. The second-order valence-electron chi connectivity index (χ2n) is 12.9. The third-order valence-electron chi connectivity index (χ3n) is 10.9. The number of hydrogen-bond donors (Lipinski definition) is 3. The highest BCUT2D eigenvalue weighted by atomic mass is 16.5. The van der Waals surface area contributed by atoms with Gasteiger partial charge in [0.2, 0.25) is 0 Å². The van der Waals surface area contributed by atoms with Gasteiger partial charge in [-0.1, -0.05) is 51.5 Å². The van der Waals surface area contributed by atoms with Crippen molar-refractivity contribution in [1.82, 2.24) is 0 Å². The average Bonchev–Trinajstić information content (AvgIpc) is 3.17. The molecule has 35 heavy (non-hydrogen) atoms. The van der Waals surface area contributed by atoms with E-state index in [1.165, 1.54) is 12.5 Å². The standard InChI is InChI=1S/C30H48O5/c1-17(2)18(3)7-8-19(4)24-11-12-25-23-10-9-21-13-22(33)14-27(35-20(5)32)29(21,6)28(23)26(34)15-30(24,25)16-31/h9,17,19,22-28,31,33-34H,3,7-8,10-16H2,1-2,4-6H3/t19-,22-,23+,24-,25+,26-,27+,28-,29-,30+/m1/s1. The van der Waals surface area contributed by atoms with Crippen molar-refractivity contribution in [3.8, 4) is 0 Å². The summed E-state index contributed by atoms with van der Waals surface area (Å²) in [5, 5.41) is 33.2. The first-order valence-corrected chi connectivity index (χ1v) is 14.0. The van der Waals surface area contributed by atoms with Gasteiger partial charge in [0.15, 0.2) is 0 Å². The summed E-state index contributed by atoms with van der Waals surface area (Å²) in [4.78, 5) is 12.0. The van der Waals surface area contributed by atoms with Crippen LogP contribution >= 0.6 is 0 Å². The first-order valence-electron chi connectivity index (χ1n) is 14.0. The molecule has 4 aliphatic carbocycles. The third kappa shape index (κ3) is 4.44. The molecule has 0 amide bonds. The van der Waals surface area contributed by atoms with Crippen molar-refractivity contribution >= 4 is 5.97 Å². The minimum Gasteiger partial charge on any atom is -0.462 e. The number of hydrogen-bond acceptors (Lipinski definition) is 5. The molecule has 3 N–H and O–H groups in total. The molecular weight excluding hydrogens is 440 g/mol. The Morgan fingerprint density at radius 1 is 1.26 bits per heavy atom. The zero-order chi connectivity index (χ0) is 25.7. The summed E-state index contributed by atoms with van der Waals surface area (Å²) in [6.45, 7) is 14.7. The second kappa shape index (κ2) is 9.95. The molecule has 5 heteroatoms. The van der Waals surface area contributed by atoms with E-state index in [1.807, 2.05) is 0 Å². The zero-order valence-electron chi connectivity index (χ0n) is 22.5. The molecule has 0 aliphatic heterocycles. The Hall–Kier alpha value is -1.17. The first-order chi connectivity index (χ1) is 16.5. The van der Waals surface area contributed by atoms with Gasteiger partial charge in [0.1, 0.15) is 6.10 Å². The fourth-order valence-electron chi connectivity index (χ4n) is 9.05. The lowest BCUT2D eigenvalue weighted by Crippen LogP contribution is -2.62. The van der Waals surface area contributed by atoms with Crippen LogP contribution in [0, 0.1) is 46.3 Å². The Morgan fingerprint density at radius 2 is 1.97 bits per heavy atom. The number of carbonyl (C=O) groups excluding carboxylic acids is 1. The van der Waals surface area contributed by atoms with Crippen molar-refractivity contribution in [1.29, 1.82) is 0 Å². The highest BCUT2D eigenvalue weighted by molar-refractivity contribution is 5.66. The fraction of sp³-hybridized carbons (Fsp3) is 0.833. The Labute approximate surface area is 212 Å². The zero-order valence-corrected chi connectivity index (χ0v) is 22.5. The quantitative estimate of drug-likeness (QED) is 0.345. The smallest absolute Gasteiger partial charge is 0.302 e. The molecule has 0 heterocycles. The Bertz CT molecular complexity index is 848. The molecule has 0 radical (unpaired) electrons. The lowest BCUT2D eigenvalue weighted by molar-refractivity contribution is -0.188. The molecule has 3 fully saturated rings. The van der Waals surface area contributed by atoms with E-state index in [0.29, 0.717) is 42.9 Å². The molecule has 198 valence electrons. The summed E-state index contributed by atoms with van der Waals surface area (Å²) in [5.41, 5.74) is 1.69. The maximum atomic E-state index is 12.0. The van der Waals surface area contributed by atoms with Crippen molar-refractivity contribution < 1.29 is 24.9 Å². The third-order valence-corrected chi connectivity index (χ3v) is 10.9. The van der Waals surface area contributed by atoms with Gasteiger partial charge in [-0.25, -0.2) is 0 Å². The highest BCUT2D eigenvalue weighted by Crippen LogP contribution is 2.67. The number of fused-ring (bicyclic) bond motifs is 5. The molecule has 0 unspecified atom stereocenters. The minimum atomic E-state index is -0.566. The van der Waals surface area contributed by atoms with E-state index >= 15 is 0 Å². The van der Waals surface area contributed by atoms with Gasteiger partial charge < -0.3 is 20.1 Å². The van der Waals surface area contributed by atoms with Crippen LogP contribution in [0.1, 0.15) is 86.0 Å². The van der Waals surface area contributed by atoms with E-state index in [4.69, 9.17) is 4.74 Å². The largest absolute Gasteiger partial charge is 0.462 e. The van der Waals surface area contributed by atoms with Gasteiger partial charge in [0, 0.05) is 36.7 Å². The van der Waals surface area contributed by atoms with E-state index in [2.05, 4.69) is 40.3 Å². The van der Waals surface area contributed by atoms with Crippen LogP contribution in [-0.4, -0.2) is 46.2 Å². The summed E-state index contributed by atoms with van der Waals surface area (Å²) < 4.78 is 5.82. The Morgan fingerprint density at radius 3 is 2.60 bits per heavy atom. The molecule has 4 aliphatic rings. The molecule has 4 rings (SSSR count). The van der Waals surface area contributed by atoms with Gasteiger partial charge in [-0.2, -0.15) is 0 Å². The van der Waals surface area contributed by atoms with Gasteiger partial charge in [0.25, 0.3) is 0 Å². The molecule has 0 bridgehead atoms. The minimum absolute atomic E-state index is 0.0289. The predicted molar refractivity (Wildman–Crippen MR) is 137 cm³/mol. The van der Waals surface area contributed by atoms with Crippen molar-refractivity contribution in [2.75, 3.05) is 6.61 Å². The highest BCUT2D eigenvalue weighted by Gasteiger charge is 2.65. The van der Waals surface area contributed by atoms with E-state index in [0.717, 1.165) is 37.7 Å². The van der Waals surface area contributed by atoms with Crippen molar-refractivity contribution in [2.45, 2.75) is 104 Å². The van der Waals surface area contributed by atoms with Gasteiger partial charge in [-0.05, 0) is 74.5 Å². The van der Waals surface area contributed by atoms with Gasteiger partial charge in [-0.3, -0.25) is 4.79 Å². The summed E-state index contributed by atoms with van der Waals surface area (Å²) >= 11 is 0. The second-order valence-corrected chi connectivity index (χ2v) is 12.9. The SMILES string of the molecule is C=C(CC[C@@H](C)[C@H]1CC[C@H]2[C@@H]3CC=C4C[C@@H](O)C[C@H](OC(C)=O)[C@]4(C)[C@H]3[C@H](O)C[C@]12CO)C(C)C. The van der Waals surface area contributed by atoms with Gasteiger partial charge in [0.05, 0.1) is 12.2 Å². The number of carbonyl (C=O) groups is 1. The van der Waals surface area contributed by atoms with Gasteiger partial charge >= 0.3 is 5.97 Å². The van der Waals surface area contributed by atoms with Crippen LogP contribution in [0.25, 0.3) is 0 Å². The van der Waals surface area contributed by atoms with E-state index in [9.17, 15) is 20.1 Å². The average molecular weight is 489 g/mol. The molecule has 0 saturated heterocycles. The maximum absolute atomic E-state index is 12.0. The molecule has 10 atom stereocenters. The molecular formula is C30H48O5.